The summed E-state index contributed by atoms with van der Waals surface area (Å²) in [6, 6.07) is 5.15. The van der Waals surface area contributed by atoms with E-state index in [9.17, 15) is 4.79 Å². The molecule has 0 bridgehead atoms. The highest BCUT2D eigenvalue weighted by Gasteiger charge is 2.22. The van der Waals surface area contributed by atoms with Crippen molar-refractivity contribution in [3.8, 4) is 5.75 Å². The van der Waals surface area contributed by atoms with Crippen LogP contribution < -0.4 is 15.8 Å². The Bertz CT molecular complexity index is 456. The molecule has 3 N–H and O–H groups in total. The molecule has 1 rings (SSSR count). The monoisotopic (exact) mass is 265 g/mol. The molecule has 0 saturated carbocycles. The molecule has 0 heterocycles. The zero-order chi connectivity index (χ0) is 14.6. The second kappa shape index (κ2) is 5.93. The van der Waals surface area contributed by atoms with Crippen molar-refractivity contribution in [3.05, 3.63) is 23.8 Å². The van der Waals surface area contributed by atoms with Crippen molar-refractivity contribution in [3.63, 3.8) is 0 Å². The number of hydrogen-bond donors (Lipinski definition) is 2. The molecule has 106 valence electrons. The Morgan fingerprint density at radius 1 is 1.42 bits per heavy atom. The lowest BCUT2D eigenvalue weighted by atomic mass is 10.0. The average Bonchev–Trinajstić information content (AvgIpc) is 2.35. The maximum Gasteiger partial charge on any atom is 0.255 e. The zero-order valence-electron chi connectivity index (χ0n) is 12.3. The number of carbonyl (C=O) groups excluding carboxylic acids is 1. The van der Waals surface area contributed by atoms with Crippen molar-refractivity contribution in [2.45, 2.75) is 19.4 Å². The Morgan fingerprint density at radius 2 is 2.05 bits per heavy atom. The Morgan fingerprint density at radius 3 is 2.58 bits per heavy atom. The molecule has 1 aromatic carbocycles. The van der Waals surface area contributed by atoms with Crippen molar-refractivity contribution in [2.24, 2.45) is 0 Å². The number of carbonyl (C=O) groups is 1. The fourth-order valence-electron chi connectivity index (χ4n) is 1.51. The summed E-state index contributed by atoms with van der Waals surface area (Å²) < 4.78 is 5.18. The first kappa shape index (κ1) is 15.3. The number of nitrogen functional groups attached to an aromatic ring is 1. The van der Waals surface area contributed by atoms with Crippen LogP contribution in [0.25, 0.3) is 0 Å². The Labute approximate surface area is 114 Å². The number of benzene rings is 1. The van der Waals surface area contributed by atoms with E-state index in [0.29, 0.717) is 23.5 Å². The van der Waals surface area contributed by atoms with Crippen LogP contribution in [0.1, 0.15) is 24.2 Å². The molecule has 1 amide bonds. The van der Waals surface area contributed by atoms with Gasteiger partial charge < -0.3 is 20.7 Å². The molecule has 0 unspecified atom stereocenters. The number of amides is 1. The van der Waals surface area contributed by atoms with E-state index in [2.05, 4.69) is 24.1 Å². The smallest absolute Gasteiger partial charge is 0.255 e. The van der Waals surface area contributed by atoms with E-state index in [0.717, 1.165) is 0 Å². The minimum atomic E-state index is -0.181. The molecule has 0 fully saturated rings. The molecule has 19 heavy (non-hydrogen) atoms. The number of hydrogen-bond acceptors (Lipinski definition) is 4. The quantitative estimate of drug-likeness (QED) is 0.789. The first-order chi connectivity index (χ1) is 8.79. The molecular formula is C14H23N3O2. The van der Waals surface area contributed by atoms with Crippen molar-refractivity contribution in [1.82, 2.24) is 10.2 Å². The van der Waals surface area contributed by atoms with Gasteiger partial charge in [0.1, 0.15) is 0 Å². The Kier molecular flexibility index (Phi) is 4.78. The van der Waals surface area contributed by atoms with Gasteiger partial charge >= 0.3 is 0 Å². The van der Waals surface area contributed by atoms with Gasteiger partial charge in [-0.2, -0.15) is 0 Å². The van der Waals surface area contributed by atoms with Crippen LogP contribution in [0.3, 0.4) is 0 Å². The van der Waals surface area contributed by atoms with E-state index in [1.54, 1.807) is 18.2 Å². The molecule has 5 nitrogen and oxygen atoms in total. The summed E-state index contributed by atoms with van der Waals surface area (Å²) in [6.07, 6.45) is 0. The van der Waals surface area contributed by atoms with Crippen LogP contribution in [0.15, 0.2) is 18.2 Å². The van der Waals surface area contributed by atoms with Crippen molar-refractivity contribution in [1.29, 1.82) is 0 Å². The van der Waals surface area contributed by atoms with Crippen LogP contribution in [-0.4, -0.2) is 44.1 Å². The summed E-state index contributed by atoms with van der Waals surface area (Å²) in [5.74, 6) is 0.238. The van der Waals surface area contributed by atoms with Crippen molar-refractivity contribution < 1.29 is 9.53 Å². The third-order valence-electron chi connectivity index (χ3n) is 3.39. The van der Waals surface area contributed by atoms with Crippen molar-refractivity contribution in [2.75, 3.05) is 33.5 Å². The fraction of sp³-hybridized carbons (Fsp3) is 0.500. The van der Waals surface area contributed by atoms with Crippen LogP contribution in [0.5, 0.6) is 5.75 Å². The maximum atomic E-state index is 12.2. The summed E-state index contributed by atoms with van der Waals surface area (Å²) >= 11 is 0. The van der Waals surface area contributed by atoms with Gasteiger partial charge in [0.05, 0.1) is 18.4 Å². The lowest BCUT2D eigenvalue weighted by Crippen LogP contribution is -2.48. The molecule has 1 aromatic rings. The molecule has 0 aliphatic heterocycles. The molecule has 5 heteroatoms. The Balaban J connectivity index is 2.83. The predicted octanol–water partition coefficient (Wildman–Crippen LogP) is 1.35. The molecule has 0 saturated heterocycles. The van der Waals surface area contributed by atoms with Gasteiger partial charge in [0.25, 0.3) is 5.91 Å². The average molecular weight is 265 g/mol. The summed E-state index contributed by atoms with van der Waals surface area (Å²) in [6.45, 7) is 4.66. The minimum Gasteiger partial charge on any atom is -0.494 e. The number of anilines is 1. The van der Waals surface area contributed by atoms with Crippen LogP contribution in [0.2, 0.25) is 0 Å². The lowest BCUT2D eigenvalue weighted by Gasteiger charge is -2.32. The highest BCUT2D eigenvalue weighted by molar-refractivity contribution is 5.98. The first-order valence-corrected chi connectivity index (χ1v) is 6.17. The number of nitrogens with one attached hydrogen (secondary N) is 1. The highest BCUT2D eigenvalue weighted by Crippen LogP contribution is 2.25. The van der Waals surface area contributed by atoms with Crippen LogP contribution >= 0.6 is 0 Å². The van der Waals surface area contributed by atoms with E-state index in [-0.39, 0.29) is 11.4 Å². The van der Waals surface area contributed by atoms with E-state index >= 15 is 0 Å². The van der Waals surface area contributed by atoms with Gasteiger partial charge in [-0.1, -0.05) is 6.07 Å². The number of nitrogens with two attached hydrogens (primary N) is 1. The molecule has 0 aliphatic carbocycles. The summed E-state index contributed by atoms with van der Waals surface area (Å²) in [7, 11) is 5.47. The van der Waals surface area contributed by atoms with E-state index in [1.165, 1.54) is 7.11 Å². The molecule has 0 atom stereocenters. The highest BCUT2D eigenvalue weighted by atomic mass is 16.5. The molecular weight excluding hydrogens is 242 g/mol. The van der Waals surface area contributed by atoms with Gasteiger partial charge in [0.2, 0.25) is 0 Å². The molecule has 0 spiro atoms. The number of likely N-dealkylation sites (N-methyl/N-ethyl adjacent to an activating group) is 1. The van der Waals surface area contributed by atoms with E-state index < -0.39 is 0 Å². The topological polar surface area (TPSA) is 67.6 Å². The number of methoxy groups -OCH3 is 1. The van der Waals surface area contributed by atoms with Gasteiger partial charge in [0, 0.05) is 12.1 Å². The first-order valence-electron chi connectivity index (χ1n) is 6.17. The maximum absolute atomic E-state index is 12.2. The number of nitrogens with zero attached hydrogens (tertiary/aromatic N) is 1. The van der Waals surface area contributed by atoms with Gasteiger partial charge in [-0.05, 0) is 40.1 Å². The SMILES string of the molecule is COc1c(N)cccc1C(=O)NCC(C)(C)N(C)C. The van der Waals surface area contributed by atoms with Crippen molar-refractivity contribution >= 4 is 11.6 Å². The number of rotatable bonds is 5. The van der Waals surface area contributed by atoms with Gasteiger partial charge in [-0.25, -0.2) is 0 Å². The van der Waals surface area contributed by atoms with E-state index in [1.807, 2.05) is 14.1 Å². The van der Waals surface area contributed by atoms with Crippen LogP contribution in [-0.2, 0) is 0 Å². The van der Waals surface area contributed by atoms with Crippen LogP contribution in [0, 0.1) is 0 Å². The predicted molar refractivity (Wildman–Crippen MR) is 77.5 cm³/mol. The summed E-state index contributed by atoms with van der Waals surface area (Å²) in [4.78, 5) is 14.2. The third kappa shape index (κ3) is 3.61. The van der Waals surface area contributed by atoms with Gasteiger partial charge in [0.15, 0.2) is 5.75 Å². The molecule has 0 aromatic heterocycles. The van der Waals surface area contributed by atoms with Crippen LogP contribution in [0.4, 0.5) is 5.69 Å². The van der Waals surface area contributed by atoms with E-state index in [4.69, 9.17) is 10.5 Å². The largest absolute Gasteiger partial charge is 0.494 e. The fourth-order valence-corrected chi connectivity index (χ4v) is 1.51. The zero-order valence-corrected chi connectivity index (χ0v) is 12.3. The lowest BCUT2D eigenvalue weighted by molar-refractivity contribution is 0.0917. The third-order valence-corrected chi connectivity index (χ3v) is 3.39. The second-order valence-corrected chi connectivity index (χ2v) is 5.32. The second-order valence-electron chi connectivity index (χ2n) is 5.32. The number of para-hydroxylation sites is 1. The molecule has 0 aliphatic rings. The summed E-state index contributed by atoms with van der Waals surface area (Å²) in [5, 5.41) is 2.91. The minimum absolute atomic E-state index is 0.122. The standard InChI is InChI=1S/C14H23N3O2/c1-14(2,17(3)4)9-16-13(18)10-7-6-8-11(15)12(10)19-5/h6-8H,9,15H2,1-5H3,(H,16,18). The van der Waals surface area contributed by atoms with Gasteiger partial charge in [-0.15, -0.1) is 0 Å². The van der Waals surface area contributed by atoms with Gasteiger partial charge in [-0.3, -0.25) is 4.79 Å². The normalized spacial score (nSPS) is 11.5. The number of ether oxygens (including phenoxy) is 1. The molecule has 0 radical (unpaired) electrons. The summed E-state index contributed by atoms with van der Waals surface area (Å²) in [5.41, 5.74) is 6.58. The Hall–Kier alpha value is -1.75.